The van der Waals surface area contributed by atoms with Crippen molar-refractivity contribution >= 4 is 27.5 Å². The van der Waals surface area contributed by atoms with Gasteiger partial charge in [-0.2, -0.15) is 0 Å². The van der Waals surface area contributed by atoms with Crippen LogP contribution in [0.5, 0.6) is 0 Å². The average Bonchev–Trinajstić information content (AvgIpc) is 2.80. The number of carbonyl (C=O) groups is 3. The second-order valence-electron chi connectivity index (χ2n) is 6.67. The fraction of sp³-hybridized carbons (Fsp3) is 0.0909. The van der Waals surface area contributed by atoms with E-state index in [9.17, 15) is 22.8 Å². The first-order valence-electron chi connectivity index (χ1n) is 9.28. The third-order valence-corrected chi connectivity index (χ3v) is 6.57. The van der Waals surface area contributed by atoms with E-state index in [1.807, 2.05) is 0 Å². The largest absolute Gasteiger partial charge is 0.460 e. The molecule has 0 saturated heterocycles. The zero-order valence-electron chi connectivity index (χ0n) is 16.1. The molecule has 1 aliphatic heterocycles. The van der Waals surface area contributed by atoms with Crippen molar-refractivity contribution in [3.8, 4) is 0 Å². The molecular weight excluding hydrogens is 420 g/mol. The number of nitrogens with one attached hydrogen (secondary N) is 1. The summed E-state index contributed by atoms with van der Waals surface area (Å²) >= 11 is 0. The number of benzene rings is 2. The molecule has 0 radical (unpaired) electrons. The molecule has 0 bridgehead atoms. The zero-order valence-corrected chi connectivity index (χ0v) is 16.9. The summed E-state index contributed by atoms with van der Waals surface area (Å²) in [6.07, 6.45) is 2.90. The Morgan fingerprint density at radius 1 is 0.935 bits per heavy atom. The topological polar surface area (TPSA) is 119 Å². The first kappa shape index (κ1) is 20.4. The Morgan fingerprint density at radius 3 is 2.48 bits per heavy atom. The van der Waals surface area contributed by atoms with E-state index in [0.29, 0.717) is 5.56 Å². The Balaban J connectivity index is 1.45. The van der Waals surface area contributed by atoms with Crippen molar-refractivity contribution in [2.45, 2.75) is 9.79 Å². The Morgan fingerprint density at radius 2 is 1.71 bits per heavy atom. The summed E-state index contributed by atoms with van der Waals surface area (Å²) in [6.45, 7) is -0.0506. The van der Waals surface area contributed by atoms with Crippen LogP contribution in [0, 0.1) is 0 Å². The predicted octanol–water partition coefficient (Wildman–Crippen LogP) is 2.05. The first-order valence-corrected chi connectivity index (χ1v) is 10.8. The Hall–Kier alpha value is -3.85. The van der Waals surface area contributed by atoms with Crippen LogP contribution in [-0.4, -0.2) is 44.2 Å². The van der Waals surface area contributed by atoms with Crippen molar-refractivity contribution in [3.05, 3.63) is 89.2 Å². The maximum Gasteiger partial charge on any atom is 0.339 e. The fourth-order valence-electron chi connectivity index (χ4n) is 3.20. The standard InChI is InChI=1S/C22H16N2O6S/c25-20-16-5-1-2-6-18(16)31(28,29)19-12-14(7-8-17(19)20)21(26)24-10-11-30-22(27)15-4-3-9-23-13-15/h1-9,12-13H,10-11H2,(H,24,26). The van der Waals surface area contributed by atoms with Crippen LogP contribution in [0.25, 0.3) is 0 Å². The molecular formula is C22H16N2O6S. The summed E-state index contributed by atoms with van der Waals surface area (Å²) in [5.41, 5.74) is 0.509. The number of carbonyl (C=O) groups excluding carboxylic acids is 3. The van der Waals surface area contributed by atoms with E-state index in [4.69, 9.17) is 4.74 Å². The van der Waals surface area contributed by atoms with Crippen LogP contribution in [0.2, 0.25) is 0 Å². The van der Waals surface area contributed by atoms with Crippen LogP contribution in [0.4, 0.5) is 0 Å². The van der Waals surface area contributed by atoms with Crippen molar-refractivity contribution in [2.24, 2.45) is 0 Å². The smallest absolute Gasteiger partial charge is 0.339 e. The molecule has 0 fully saturated rings. The van der Waals surface area contributed by atoms with E-state index in [-0.39, 0.29) is 39.6 Å². The maximum atomic E-state index is 12.9. The van der Waals surface area contributed by atoms with Crippen molar-refractivity contribution < 1.29 is 27.5 Å². The lowest BCUT2D eigenvalue weighted by atomic mass is 10.0. The molecule has 1 aliphatic rings. The highest BCUT2D eigenvalue weighted by atomic mass is 32.2. The molecule has 0 atom stereocenters. The Bertz CT molecular complexity index is 1300. The van der Waals surface area contributed by atoms with Gasteiger partial charge in [-0.15, -0.1) is 0 Å². The number of fused-ring (bicyclic) bond motifs is 2. The molecule has 2 aromatic carbocycles. The minimum Gasteiger partial charge on any atom is -0.460 e. The lowest BCUT2D eigenvalue weighted by molar-refractivity contribution is 0.0502. The van der Waals surface area contributed by atoms with E-state index >= 15 is 0 Å². The van der Waals surface area contributed by atoms with Gasteiger partial charge in [0.05, 0.1) is 21.9 Å². The van der Waals surface area contributed by atoms with Gasteiger partial charge in [0.15, 0.2) is 5.78 Å². The van der Waals surface area contributed by atoms with Crippen molar-refractivity contribution in [1.29, 1.82) is 0 Å². The van der Waals surface area contributed by atoms with Crippen LogP contribution in [-0.2, 0) is 14.6 Å². The van der Waals surface area contributed by atoms with Gasteiger partial charge >= 0.3 is 5.97 Å². The molecule has 0 aliphatic carbocycles. The third-order valence-electron chi connectivity index (χ3n) is 4.72. The fourth-order valence-corrected chi connectivity index (χ4v) is 4.88. The molecule has 4 rings (SSSR count). The van der Waals surface area contributed by atoms with Gasteiger partial charge < -0.3 is 10.1 Å². The van der Waals surface area contributed by atoms with Gasteiger partial charge in [0.1, 0.15) is 6.61 Å². The summed E-state index contributed by atoms with van der Waals surface area (Å²) in [5, 5.41) is 2.56. The normalized spacial score (nSPS) is 13.6. The highest BCUT2D eigenvalue weighted by molar-refractivity contribution is 7.91. The number of amides is 1. The monoisotopic (exact) mass is 436 g/mol. The predicted molar refractivity (Wildman–Crippen MR) is 109 cm³/mol. The molecule has 0 unspecified atom stereocenters. The molecule has 1 N–H and O–H groups in total. The van der Waals surface area contributed by atoms with E-state index in [0.717, 1.165) is 0 Å². The Kier molecular flexibility index (Phi) is 5.35. The van der Waals surface area contributed by atoms with E-state index in [1.165, 1.54) is 48.8 Å². The van der Waals surface area contributed by atoms with Crippen LogP contribution in [0.1, 0.15) is 36.6 Å². The highest BCUT2D eigenvalue weighted by Crippen LogP contribution is 2.34. The van der Waals surface area contributed by atoms with Crippen LogP contribution in [0.15, 0.2) is 76.8 Å². The van der Waals surface area contributed by atoms with E-state index in [2.05, 4.69) is 10.3 Å². The molecule has 1 amide bonds. The van der Waals surface area contributed by atoms with Gasteiger partial charge in [-0.3, -0.25) is 14.6 Å². The maximum absolute atomic E-state index is 12.9. The second-order valence-corrected chi connectivity index (χ2v) is 8.56. The van der Waals surface area contributed by atoms with Crippen molar-refractivity contribution in [2.75, 3.05) is 13.2 Å². The molecule has 3 aromatic rings. The number of aromatic nitrogens is 1. The zero-order chi connectivity index (χ0) is 22.0. The van der Waals surface area contributed by atoms with Gasteiger partial charge in [0, 0.05) is 29.1 Å². The summed E-state index contributed by atoms with van der Waals surface area (Å²) in [6, 6.07) is 13.0. The summed E-state index contributed by atoms with van der Waals surface area (Å²) < 4.78 is 30.9. The number of hydrogen-bond donors (Lipinski definition) is 1. The van der Waals surface area contributed by atoms with Crippen molar-refractivity contribution in [3.63, 3.8) is 0 Å². The number of ether oxygens (including phenoxy) is 1. The van der Waals surface area contributed by atoms with Crippen LogP contribution < -0.4 is 5.32 Å². The SMILES string of the molecule is O=C(NCCOC(=O)c1cccnc1)c1ccc2c(c1)S(=O)(=O)c1ccccc1C2=O. The quantitative estimate of drug-likeness (QED) is 0.376. The molecule has 8 nitrogen and oxygen atoms in total. The minimum absolute atomic E-state index is 0.0242. The number of pyridine rings is 1. The molecule has 9 heteroatoms. The molecule has 156 valence electrons. The van der Waals surface area contributed by atoms with Crippen LogP contribution >= 0.6 is 0 Å². The van der Waals surface area contributed by atoms with Gasteiger partial charge in [-0.05, 0) is 42.5 Å². The number of ketones is 1. The van der Waals surface area contributed by atoms with Crippen LogP contribution in [0.3, 0.4) is 0 Å². The molecule has 2 heterocycles. The first-order chi connectivity index (χ1) is 14.9. The summed E-state index contributed by atoms with van der Waals surface area (Å²) in [4.78, 5) is 40.5. The average molecular weight is 436 g/mol. The Labute approximate surface area is 177 Å². The van der Waals surface area contributed by atoms with E-state index in [1.54, 1.807) is 18.2 Å². The molecule has 0 saturated carbocycles. The number of esters is 1. The number of sulfone groups is 1. The molecule has 0 spiro atoms. The van der Waals surface area contributed by atoms with Gasteiger partial charge in [-0.25, -0.2) is 13.2 Å². The number of hydrogen-bond acceptors (Lipinski definition) is 7. The molecule has 31 heavy (non-hydrogen) atoms. The lowest BCUT2D eigenvalue weighted by Crippen LogP contribution is -2.29. The number of nitrogens with zero attached hydrogens (tertiary/aromatic N) is 1. The molecule has 1 aromatic heterocycles. The summed E-state index contributed by atoms with van der Waals surface area (Å²) in [5.74, 6) is -1.53. The summed E-state index contributed by atoms with van der Waals surface area (Å²) in [7, 11) is -3.93. The van der Waals surface area contributed by atoms with Gasteiger partial charge in [0.25, 0.3) is 5.91 Å². The second kappa shape index (κ2) is 8.11. The third kappa shape index (κ3) is 3.82. The van der Waals surface area contributed by atoms with Gasteiger partial charge in [-0.1, -0.05) is 12.1 Å². The highest BCUT2D eigenvalue weighted by Gasteiger charge is 2.34. The number of rotatable bonds is 5. The lowest BCUT2D eigenvalue weighted by Gasteiger charge is -2.19. The van der Waals surface area contributed by atoms with Crippen molar-refractivity contribution in [1.82, 2.24) is 10.3 Å². The minimum atomic E-state index is -3.93. The van der Waals surface area contributed by atoms with E-state index < -0.39 is 27.5 Å². The van der Waals surface area contributed by atoms with Gasteiger partial charge in [0.2, 0.25) is 9.84 Å².